The summed E-state index contributed by atoms with van der Waals surface area (Å²) in [4.78, 5) is 13.3. The molecule has 0 atom stereocenters. The van der Waals surface area contributed by atoms with Crippen molar-refractivity contribution >= 4 is 5.95 Å². The minimum absolute atomic E-state index is 0.00875. The van der Waals surface area contributed by atoms with Crippen molar-refractivity contribution in [1.82, 2.24) is 14.9 Å². The zero-order chi connectivity index (χ0) is 13.1. The summed E-state index contributed by atoms with van der Waals surface area (Å²) in [5, 5.41) is 9.12. The fourth-order valence-electron chi connectivity index (χ4n) is 2.37. The van der Waals surface area contributed by atoms with Crippen LogP contribution in [0.25, 0.3) is 0 Å². The Hall–Kier alpha value is -1.20. The molecule has 0 bridgehead atoms. The van der Waals surface area contributed by atoms with Gasteiger partial charge in [-0.3, -0.25) is 0 Å². The van der Waals surface area contributed by atoms with Crippen LogP contribution < -0.4 is 4.90 Å². The average Bonchev–Trinajstić information content (AvgIpc) is 2.38. The van der Waals surface area contributed by atoms with Crippen LogP contribution in [0.4, 0.5) is 5.95 Å². The molecule has 0 amide bonds. The Kier molecular flexibility index (Phi) is 4.14. The Bertz CT molecular complexity index is 400. The van der Waals surface area contributed by atoms with E-state index in [4.69, 9.17) is 5.11 Å². The fourth-order valence-corrected chi connectivity index (χ4v) is 2.37. The maximum atomic E-state index is 9.12. The lowest BCUT2D eigenvalue weighted by molar-refractivity contribution is 0.249. The van der Waals surface area contributed by atoms with Crippen LogP contribution in [-0.4, -0.2) is 53.2 Å². The summed E-state index contributed by atoms with van der Waals surface area (Å²) in [6.45, 7) is 3.93. The highest BCUT2D eigenvalue weighted by Crippen LogP contribution is 2.19. The zero-order valence-corrected chi connectivity index (χ0v) is 11.4. The molecule has 2 rings (SSSR count). The van der Waals surface area contributed by atoms with Gasteiger partial charge in [0.05, 0.1) is 6.61 Å². The first-order valence-corrected chi connectivity index (χ1v) is 6.46. The predicted octanol–water partition coefficient (Wildman–Crippen LogP) is 0.808. The van der Waals surface area contributed by atoms with Gasteiger partial charge in [-0.15, -0.1) is 0 Å². The van der Waals surface area contributed by atoms with Crippen LogP contribution in [-0.2, 0) is 6.61 Å². The summed E-state index contributed by atoms with van der Waals surface area (Å²) in [6, 6.07) is 0.666. The number of hydrogen-bond donors (Lipinski definition) is 1. The first kappa shape index (κ1) is 13.2. The molecule has 0 radical (unpaired) electrons. The Morgan fingerprint density at radius 2 is 2.06 bits per heavy atom. The molecule has 0 aliphatic carbocycles. The van der Waals surface area contributed by atoms with E-state index in [-0.39, 0.29) is 6.61 Å². The molecule has 1 aliphatic heterocycles. The summed E-state index contributed by atoms with van der Waals surface area (Å²) >= 11 is 0. The van der Waals surface area contributed by atoms with Gasteiger partial charge in [-0.1, -0.05) is 0 Å². The largest absolute Gasteiger partial charge is 0.392 e. The maximum Gasteiger partial charge on any atom is 0.225 e. The number of aryl methyl sites for hydroxylation is 1. The topological polar surface area (TPSA) is 52.5 Å². The quantitative estimate of drug-likeness (QED) is 0.860. The number of rotatable bonds is 3. The van der Waals surface area contributed by atoms with Gasteiger partial charge in [0.2, 0.25) is 5.95 Å². The molecule has 0 aromatic carbocycles. The lowest BCUT2D eigenvalue weighted by Gasteiger charge is -2.35. The highest BCUT2D eigenvalue weighted by atomic mass is 16.3. The smallest absolute Gasteiger partial charge is 0.225 e. The summed E-state index contributed by atoms with van der Waals surface area (Å²) in [6.07, 6.45) is 4.03. The Balaban J connectivity index is 2.03. The van der Waals surface area contributed by atoms with Gasteiger partial charge in [0, 0.05) is 36.6 Å². The second-order valence-corrected chi connectivity index (χ2v) is 5.12. The normalized spacial score (nSPS) is 17.5. The molecule has 1 N–H and O–H groups in total. The third-order valence-electron chi connectivity index (χ3n) is 3.72. The first-order valence-electron chi connectivity index (χ1n) is 6.46. The Morgan fingerprint density at radius 3 is 2.56 bits per heavy atom. The summed E-state index contributed by atoms with van der Waals surface area (Å²) in [5.41, 5.74) is 1.68. The van der Waals surface area contributed by atoms with Crippen molar-refractivity contribution in [2.24, 2.45) is 0 Å². The highest BCUT2D eigenvalue weighted by molar-refractivity contribution is 5.33. The zero-order valence-electron chi connectivity index (χ0n) is 11.4. The van der Waals surface area contributed by atoms with Crippen molar-refractivity contribution in [3.05, 3.63) is 17.5 Å². The molecule has 5 nitrogen and oxygen atoms in total. The number of nitrogens with zero attached hydrogens (tertiary/aromatic N) is 4. The number of hydrogen-bond acceptors (Lipinski definition) is 5. The molecule has 1 fully saturated rings. The summed E-state index contributed by atoms with van der Waals surface area (Å²) in [5.74, 6) is 0.793. The van der Waals surface area contributed by atoms with Crippen LogP contribution in [0.5, 0.6) is 0 Å². The van der Waals surface area contributed by atoms with Crippen molar-refractivity contribution in [1.29, 1.82) is 0 Å². The SMILES string of the molecule is Cc1nc(N2CCC(N(C)C)CC2)ncc1CO. The lowest BCUT2D eigenvalue weighted by Crippen LogP contribution is -2.42. The van der Waals surface area contributed by atoms with Gasteiger partial charge in [0.1, 0.15) is 0 Å². The molecular weight excluding hydrogens is 228 g/mol. The first-order chi connectivity index (χ1) is 8.61. The van der Waals surface area contributed by atoms with Crippen LogP contribution in [0, 0.1) is 6.92 Å². The molecule has 1 aliphatic rings. The number of piperidine rings is 1. The van der Waals surface area contributed by atoms with Crippen LogP contribution >= 0.6 is 0 Å². The molecule has 0 unspecified atom stereocenters. The van der Waals surface area contributed by atoms with Crippen LogP contribution in [0.2, 0.25) is 0 Å². The second kappa shape index (κ2) is 5.63. The number of anilines is 1. The van der Waals surface area contributed by atoms with Gasteiger partial charge in [0.25, 0.3) is 0 Å². The van der Waals surface area contributed by atoms with Crippen molar-refractivity contribution in [2.75, 3.05) is 32.1 Å². The van der Waals surface area contributed by atoms with Crippen LogP contribution in [0.15, 0.2) is 6.20 Å². The molecule has 100 valence electrons. The van der Waals surface area contributed by atoms with E-state index in [0.29, 0.717) is 6.04 Å². The monoisotopic (exact) mass is 250 g/mol. The summed E-state index contributed by atoms with van der Waals surface area (Å²) < 4.78 is 0. The Labute approximate surface area is 108 Å². The van der Waals surface area contributed by atoms with E-state index in [1.54, 1.807) is 6.20 Å². The minimum atomic E-state index is 0.00875. The van der Waals surface area contributed by atoms with Crippen LogP contribution in [0.3, 0.4) is 0 Å². The van der Waals surface area contributed by atoms with Crippen molar-refractivity contribution in [3.8, 4) is 0 Å². The van der Waals surface area contributed by atoms with Crippen molar-refractivity contribution in [2.45, 2.75) is 32.4 Å². The van der Waals surface area contributed by atoms with E-state index in [2.05, 4.69) is 33.9 Å². The van der Waals surface area contributed by atoms with E-state index in [1.165, 1.54) is 0 Å². The molecule has 0 spiro atoms. The van der Waals surface area contributed by atoms with Crippen molar-refractivity contribution < 1.29 is 5.11 Å². The maximum absolute atomic E-state index is 9.12. The molecular formula is C13H22N4O. The minimum Gasteiger partial charge on any atom is -0.392 e. The van der Waals surface area contributed by atoms with Crippen LogP contribution in [0.1, 0.15) is 24.1 Å². The summed E-state index contributed by atoms with van der Waals surface area (Å²) in [7, 11) is 4.27. The average molecular weight is 250 g/mol. The number of aliphatic hydroxyl groups excluding tert-OH is 1. The third kappa shape index (κ3) is 2.79. The number of aliphatic hydroxyl groups is 1. The van der Waals surface area contributed by atoms with Crippen molar-refractivity contribution in [3.63, 3.8) is 0 Å². The fraction of sp³-hybridized carbons (Fsp3) is 0.692. The van der Waals surface area contributed by atoms with E-state index >= 15 is 0 Å². The molecule has 5 heteroatoms. The van der Waals surface area contributed by atoms with Gasteiger partial charge in [-0.25, -0.2) is 9.97 Å². The molecule has 1 aromatic rings. The van der Waals surface area contributed by atoms with Gasteiger partial charge >= 0.3 is 0 Å². The molecule has 1 saturated heterocycles. The Morgan fingerprint density at radius 1 is 1.39 bits per heavy atom. The van der Waals surface area contributed by atoms with Gasteiger partial charge < -0.3 is 14.9 Å². The highest BCUT2D eigenvalue weighted by Gasteiger charge is 2.22. The van der Waals surface area contributed by atoms with Gasteiger partial charge in [0.15, 0.2) is 0 Å². The van der Waals surface area contributed by atoms with E-state index in [9.17, 15) is 0 Å². The lowest BCUT2D eigenvalue weighted by atomic mass is 10.0. The molecule has 0 saturated carbocycles. The number of aromatic nitrogens is 2. The molecule has 2 heterocycles. The van der Waals surface area contributed by atoms with E-state index < -0.39 is 0 Å². The third-order valence-corrected chi connectivity index (χ3v) is 3.72. The predicted molar refractivity (Wildman–Crippen MR) is 71.6 cm³/mol. The second-order valence-electron chi connectivity index (χ2n) is 5.12. The van der Waals surface area contributed by atoms with Gasteiger partial charge in [-0.2, -0.15) is 0 Å². The molecule has 18 heavy (non-hydrogen) atoms. The molecule has 1 aromatic heterocycles. The standard InChI is InChI=1S/C13H22N4O/c1-10-11(9-18)8-14-13(15-10)17-6-4-12(5-7-17)16(2)3/h8,12,18H,4-7,9H2,1-3H3. The van der Waals surface area contributed by atoms with E-state index in [0.717, 1.165) is 43.1 Å². The van der Waals surface area contributed by atoms with E-state index in [1.807, 2.05) is 6.92 Å². The van der Waals surface area contributed by atoms with Gasteiger partial charge in [-0.05, 0) is 33.9 Å².